The Morgan fingerprint density at radius 3 is 2.84 bits per heavy atom. The van der Waals surface area contributed by atoms with Gasteiger partial charge in [0.1, 0.15) is 11.9 Å². The van der Waals surface area contributed by atoms with E-state index in [4.69, 9.17) is 4.74 Å². The molecule has 0 aromatic heterocycles. The van der Waals surface area contributed by atoms with Crippen molar-refractivity contribution in [3.63, 3.8) is 0 Å². The number of anilines is 1. The molecule has 0 aliphatic carbocycles. The zero-order valence-electron chi connectivity index (χ0n) is 10.7. The Kier molecular flexibility index (Phi) is 4.19. The predicted octanol–water partition coefficient (Wildman–Crippen LogP) is 2.74. The molecule has 1 atom stereocenters. The zero-order valence-corrected chi connectivity index (χ0v) is 10.7. The summed E-state index contributed by atoms with van der Waals surface area (Å²) in [7, 11) is 1.68. The summed E-state index contributed by atoms with van der Waals surface area (Å²) >= 11 is 0. The second-order valence-electron chi connectivity index (χ2n) is 4.74. The molecule has 1 aliphatic heterocycles. The van der Waals surface area contributed by atoms with E-state index in [2.05, 4.69) is 5.32 Å². The fourth-order valence-corrected chi connectivity index (χ4v) is 2.02. The quantitative estimate of drug-likeness (QED) is 0.913. The van der Waals surface area contributed by atoms with Crippen LogP contribution in [0.5, 0.6) is 5.75 Å². The lowest BCUT2D eigenvalue weighted by atomic mass is 10.2. The van der Waals surface area contributed by atoms with Crippen LogP contribution in [0.4, 0.5) is 18.9 Å². The van der Waals surface area contributed by atoms with Crippen LogP contribution in [-0.2, 0) is 0 Å². The van der Waals surface area contributed by atoms with Gasteiger partial charge in [-0.1, -0.05) is 12.1 Å². The van der Waals surface area contributed by atoms with Crippen molar-refractivity contribution in [2.45, 2.75) is 18.7 Å². The van der Waals surface area contributed by atoms with Gasteiger partial charge in [0.15, 0.2) is 0 Å². The van der Waals surface area contributed by atoms with Gasteiger partial charge in [0, 0.05) is 13.1 Å². The maximum absolute atomic E-state index is 12.1. The fourth-order valence-electron chi connectivity index (χ4n) is 2.02. The van der Waals surface area contributed by atoms with Crippen molar-refractivity contribution in [2.75, 3.05) is 32.0 Å². The summed E-state index contributed by atoms with van der Waals surface area (Å²) in [6.07, 6.45) is -5.03. The molecule has 1 aliphatic rings. The molecule has 0 radical (unpaired) electrons. The van der Waals surface area contributed by atoms with Crippen molar-refractivity contribution in [3.05, 3.63) is 24.3 Å². The van der Waals surface area contributed by atoms with Crippen molar-refractivity contribution >= 4 is 5.69 Å². The van der Waals surface area contributed by atoms with Gasteiger partial charge in [-0.05, 0) is 19.2 Å². The van der Waals surface area contributed by atoms with Crippen molar-refractivity contribution in [3.8, 4) is 5.75 Å². The summed E-state index contributed by atoms with van der Waals surface area (Å²) in [5.41, 5.74) is 0.927. The van der Waals surface area contributed by atoms with Gasteiger partial charge >= 0.3 is 6.18 Å². The Morgan fingerprint density at radius 2 is 2.11 bits per heavy atom. The molecule has 1 aromatic rings. The van der Waals surface area contributed by atoms with Crippen molar-refractivity contribution in [1.29, 1.82) is 0 Å². The van der Waals surface area contributed by atoms with Crippen LogP contribution < -0.4 is 10.1 Å². The third-order valence-corrected chi connectivity index (χ3v) is 2.99. The summed E-state index contributed by atoms with van der Waals surface area (Å²) in [6.45, 7) is 1.07. The lowest BCUT2D eigenvalue weighted by Crippen LogP contribution is -2.41. The van der Waals surface area contributed by atoms with E-state index in [0.717, 1.165) is 11.4 Å². The third kappa shape index (κ3) is 4.31. The van der Waals surface area contributed by atoms with E-state index in [1.807, 2.05) is 24.3 Å². The zero-order chi connectivity index (χ0) is 13.9. The smallest absolute Gasteiger partial charge is 0.390 e. The van der Waals surface area contributed by atoms with Gasteiger partial charge < -0.3 is 15.0 Å². The van der Waals surface area contributed by atoms with Gasteiger partial charge in [-0.15, -0.1) is 0 Å². The normalized spacial score (nSPS) is 18.7. The van der Waals surface area contributed by atoms with Gasteiger partial charge in [-0.3, -0.25) is 0 Å². The molecule has 0 fully saturated rings. The molecule has 2 rings (SSSR count). The minimum absolute atomic E-state index is 0.00892. The molecule has 1 N–H and O–H groups in total. The molecule has 1 aromatic carbocycles. The second-order valence-corrected chi connectivity index (χ2v) is 4.74. The summed E-state index contributed by atoms with van der Waals surface area (Å²) in [6, 6.07) is 7.55. The predicted molar refractivity (Wildman–Crippen MR) is 67.5 cm³/mol. The third-order valence-electron chi connectivity index (χ3n) is 2.99. The highest BCUT2D eigenvalue weighted by Crippen LogP contribution is 2.28. The van der Waals surface area contributed by atoms with Gasteiger partial charge in [0.2, 0.25) is 0 Å². The number of halogens is 3. The number of para-hydroxylation sites is 2. The van der Waals surface area contributed by atoms with E-state index in [-0.39, 0.29) is 12.6 Å². The number of alkyl halides is 3. The van der Waals surface area contributed by atoms with Crippen LogP contribution in [-0.4, -0.2) is 43.9 Å². The Morgan fingerprint density at radius 1 is 1.37 bits per heavy atom. The van der Waals surface area contributed by atoms with Crippen LogP contribution >= 0.6 is 0 Å². The van der Waals surface area contributed by atoms with Crippen LogP contribution in [0.1, 0.15) is 6.42 Å². The Bertz CT molecular complexity index is 423. The average molecular weight is 274 g/mol. The number of hydrogen-bond donors (Lipinski definition) is 1. The first kappa shape index (κ1) is 14.0. The summed E-state index contributed by atoms with van der Waals surface area (Å²) < 4.78 is 42.1. The van der Waals surface area contributed by atoms with Crippen molar-refractivity contribution < 1.29 is 17.9 Å². The lowest BCUT2D eigenvalue weighted by molar-refractivity contribution is -0.137. The molecule has 0 spiro atoms. The van der Waals surface area contributed by atoms with E-state index < -0.39 is 12.6 Å². The van der Waals surface area contributed by atoms with Gasteiger partial charge in [0.25, 0.3) is 0 Å². The number of fused-ring (bicyclic) bond motifs is 1. The minimum Gasteiger partial charge on any atom is -0.485 e. The summed E-state index contributed by atoms with van der Waals surface area (Å²) in [5.74, 6) is 0.753. The van der Waals surface area contributed by atoms with E-state index >= 15 is 0 Å². The van der Waals surface area contributed by atoms with E-state index in [1.165, 1.54) is 0 Å². The lowest BCUT2D eigenvalue weighted by Gasteiger charge is -2.30. The molecular weight excluding hydrogens is 257 g/mol. The second kappa shape index (κ2) is 5.69. The van der Waals surface area contributed by atoms with Crippen molar-refractivity contribution in [2.24, 2.45) is 0 Å². The molecule has 0 bridgehead atoms. The first-order chi connectivity index (χ1) is 8.94. The van der Waals surface area contributed by atoms with Crippen LogP contribution in [0, 0.1) is 0 Å². The molecule has 1 heterocycles. The minimum atomic E-state index is -4.10. The highest BCUT2D eigenvalue weighted by molar-refractivity contribution is 5.57. The largest absolute Gasteiger partial charge is 0.485 e. The van der Waals surface area contributed by atoms with Crippen LogP contribution in [0.15, 0.2) is 24.3 Å². The molecule has 0 saturated carbocycles. The van der Waals surface area contributed by atoms with E-state index in [9.17, 15) is 13.2 Å². The Balaban J connectivity index is 1.82. The number of rotatable bonds is 4. The van der Waals surface area contributed by atoms with E-state index in [0.29, 0.717) is 13.1 Å². The first-order valence-corrected chi connectivity index (χ1v) is 6.19. The van der Waals surface area contributed by atoms with E-state index in [1.54, 1.807) is 11.9 Å². The number of hydrogen-bond acceptors (Lipinski definition) is 3. The SMILES string of the molecule is CN(CCC(F)(F)F)CC1CNc2ccccc2O1. The Hall–Kier alpha value is -1.43. The summed E-state index contributed by atoms with van der Waals surface area (Å²) in [4.78, 5) is 1.65. The molecule has 1 unspecified atom stereocenters. The van der Waals surface area contributed by atoms with Gasteiger partial charge in [-0.2, -0.15) is 13.2 Å². The molecule has 106 valence electrons. The van der Waals surface area contributed by atoms with Crippen LogP contribution in [0.3, 0.4) is 0 Å². The maximum atomic E-state index is 12.1. The molecule has 3 nitrogen and oxygen atoms in total. The number of ether oxygens (including phenoxy) is 1. The molecule has 0 amide bonds. The van der Waals surface area contributed by atoms with Crippen LogP contribution in [0.25, 0.3) is 0 Å². The van der Waals surface area contributed by atoms with Gasteiger partial charge in [-0.25, -0.2) is 0 Å². The van der Waals surface area contributed by atoms with Crippen LogP contribution in [0.2, 0.25) is 0 Å². The monoisotopic (exact) mass is 274 g/mol. The fraction of sp³-hybridized carbons (Fsp3) is 0.538. The molecular formula is C13H17F3N2O. The number of likely N-dealkylation sites (N-methyl/N-ethyl adjacent to an activating group) is 1. The topological polar surface area (TPSA) is 24.5 Å². The van der Waals surface area contributed by atoms with Crippen molar-refractivity contribution in [1.82, 2.24) is 4.90 Å². The number of benzene rings is 1. The molecule has 6 heteroatoms. The first-order valence-electron chi connectivity index (χ1n) is 6.19. The highest BCUT2D eigenvalue weighted by atomic mass is 19.4. The standard InChI is InChI=1S/C13H17F3N2O/c1-18(7-6-13(14,15)16)9-10-8-17-11-4-2-3-5-12(11)19-10/h2-5,10,17H,6-9H2,1H3. The maximum Gasteiger partial charge on any atom is 0.390 e. The molecule has 19 heavy (non-hydrogen) atoms. The number of nitrogens with zero attached hydrogens (tertiary/aromatic N) is 1. The number of nitrogens with one attached hydrogen (secondary N) is 1. The average Bonchev–Trinajstić information content (AvgIpc) is 2.35. The summed E-state index contributed by atoms with van der Waals surface area (Å²) in [5, 5.41) is 3.22. The van der Waals surface area contributed by atoms with Gasteiger partial charge in [0.05, 0.1) is 18.7 Å². The molecule has 0 saturated heterocycles. The Labute approximate surface area is 110 Å². The highest BCUT2D eigenvalue weighted by Gasteiger charge is 2.28.